The minimum Gasteiger partial charge on any atom is -0.507 e. The van der Waals surface area contributed by atoms with Gasteiger partial charge in [-0.25, -0.2) is 0 Å². The lowest BCUT2D eigenvalue weighted by molar-refractivity contribution is 0.461. The monoisotopic (exact) mass is 334 g/mol. The highest BCUT2D eigenvalue weighted by Gasteiger charge is 2.19. The number of aromatic hydroxyl groups is 1. The van der Waals surface area contributed by atoms with Crippen LogP contribution in [-0.4, -0.2) is 10.9 Å². The van der Waals surface area contributed by atoms with E-state index in [4.69, 9.17) is 0 Å². The second kappa shape index (κ2) is 4.95. The van der Waals surface area contributed by atoms with E-state index in [1.54, 1.807) is 0 Å². The number of phenolic OH excluding ortho intramolecular Hbond substituents is 1. The van der Waals surface area contributed by atoms with Gasteiger partial charge in [0, 0.05) is 10.6 Å². The van der Waals surface area contributed by atoms with E-state index in [0.29, 0.717) is 5.75 Å². The molecule has 0 unspecified atom stereocenters. The fourth-order valence-corrected chi connectivity index (χ4v) is 4.11. The Bertz CT molecular complexity index is 376. The van der Waals surface area contributed by atoms with E-state index in [-0.39, 0.29) is 0 Å². The molecule has 1 aliphatic heterocycles. The van der Waals surface area contributed by atoms with Crippen molar-refractivity contribution >= 4 is 34.4 Å². The number of aryl methyl sites for hydroxylation is 1. The van der Waals surface area contributed by atoms with Gasteiger partial charge in [-0.1, -0.05) is 13.3 Å². The van der Waals surface area contributed by atoms with Crippen molar-refractivity contribution < 1.29 is 5.11 Å². The average molecular weight is 334 g/mol. The van der Waals surface area contributed by atoms with Gasteiger partial charge >= 0.3 is 0 Å². The summed E-state index contributed by atoms with van der Waals surface area (Å²) in [5.41, 5.74) is 2.49. The van der Waals surface area contributed by atoms with E-state index in [1.807, 2.05) is 11.8 Å². The number of halogens is 1. The zero-order valence-electron chi connectivity index (χ0n) is 8.85. The Morgan fingerprint density at radius 3 is 3.07 bits per heavy atom. The Kier molecular flexibility index (Phi) is 3.83. The molecule has 1 nitrogen and oxygen atoms in total. The third-order valence-corrected chi connectivity index (χ3v) is 5.03. The van der Waals surface area contributed by atoms with E-state index in [9.17, 15) is 5.11 Å². The Morgan fingerprint density at radius 2 is 2.33 bits per heavy atom. The van der Waals surface area contributed by atoms with Crippen LogP contribution in [0, 0.1) is 3.57 Å². The molecule has 0 bridgehead atoms. The van der Waals surface area contributed by atoms with Crippen LogP contribution in [0.4, 0.5) is 0 Å². The quantitative estimate of drug-likeness (QED) is 0.844. The van der Waals surface area contributed by atoms with Crippen molar-refractivity contribution in [1.82, 2.24) is 0 Å². The number of hydrogen-bond acceptors (Lipinski definition) is 2. The molecule has 0 fully saturated rings. The fourth-order valence-electron chi connectivity index (χ4n) is 1.89. The Morgan fingerprint density at radius 1 is 1.53 bits per heavy atom. The van der Waals surface area contributed by atoms with Crippen molar-refractivity contribution in [1.29, 1.82) is 0 Å². The molecule has 0 aromatic heterocycles. The minimum atomic E-state index is 0.533. The van der Waals surface area contributed by atoms with Crippen LogP contribution in [0.25, 0.3) is 0 Å². The van der Waals surface area contributed by atoms with Crippen molar-refractivity contribution in [3.63, 3.8) is 0 Å². The number of benzene rings is 1. The lowest BCUT2D eigenvalue weighted by atomic mass is 10.0. The predicted molar refractivity (Wildman–Crippen MR) is 73.9 cm³/mol. The lowest BCUT2D eigenvalue weighted by Crippen LogP contribution is -1.93. The molecule has 0 spiro atoms. The first kappa shape index (κ1) is 11.6. The summed E-state index contributed by atoms with van der Waals surface area (Å²) in [6, 6.07) is 2.19. The highest BCUT2D eigenvalue weighted by molar-refractivity contribution is 14.1. The number of phenols is 1. The van der Waals surface area contributed by atoms with E-state index in [2.05, 4.69) is 35.6 Å². The largest absolute Gasteiger partial charge is 0.507 e. The Labute approximate surface area is 109 Å². The molecule has 0 radical (unpaired) electrons. The molecular weight excluding hydrogens is 319 g/mol. The van der Waals surface area contributed by atoms with Crippen molar-refractivity contribution in [3.05, 3.63) is 20.8 Å². The summed E-state index contributed by atoms with van der Waals surface area (Å²) in [6.45, 7) is 2.18. The zero-order chi connectivity index (χ0) is 10.8. The van der Waals surface area contributed by atoms with Gasteiger partial charge < -0.3 is 5.11 Å². The molecule has 15 heavy (non-hydrogen) atoms. The maximum absolute atomic E-state index is 10.1. The first-order chi connectivity index (χ1) is 7.24. The smallest absolute Gasteiger partial charge is 0.132 e. The molecule has 0 saturated heterocycles. The molecule has 3 heteroatoms. The van der Waals surface area contributed by atoms with Gasteiger partial charge in [0.05, 0.1) is 3.57 Å². The van der Waals surface area contributed by atoms with Gasteiger partial charge in [0.25, 0.3) is 0 Å². The van der Waals surface area contributed by atoms with Crippen molar-refractivity contribution in [2.75, 3.05) is 5.75 Å². The Hall–Kier alpha value is 0.1000. The highest BCUT2D eigenvalue weighted by Crippen LogP contribution is 2.40. The SMILES string of the molecule is CCCCc1cc2c(c(I)c1O)CCS2. The van der Waals surface area contributed by atoms with Crippen molar-refractivity contribution in [2.24, 2.45) is 0 Å². The third kappa shape index (κ3) is 2.28. The molecule has 0 amide bonds. The van der Waals surface area contributed by atoms with Gasteiger partial charge in [0.1, 0.15) is 5.75 Å². The second-order valence-corrected chi connectivity index (χ2v) is 6.09. The fraction of sp³-hybridized carbons (Fsp3) is 0.500. The predicted octanol–water partition coefficient (Wildman–Crippen LogP) is 3.99. The van der Waals surface area contributed by atoms with Crippen LogP contribution in [0.15, 0.2) is 11.0 Å². The zero-order valence-corrected chi connectivity index (χ0v) is 11.8. The van der Waals surface area contributed by atoms with Crippen molar-refractivity contribution in [2.45, 2.75) is 37.5 Å². The molecule has 82 valence electrons. The molecule has 1 aliphatic rings. The summed E-state index contributed by atoms with van der Waals surface area (Å²) in [5, 5.41) is 10.1. The maximum atomic E-state index is 10.1. The average Bonchev–Trinajstić information content (AvgIpc) is 2.69. The molecule has 1 heterocycles. The highest BCUT2D eigenvalue weighted by atomic mass is 127. The van der Waals surface area contributed by atoms with Crippen molar-refractivity contribution in [3.8, 4) is 5.75 Å². The molecule has 1 aromatic rings. The van der Waals surface area contributed by atoms with E-state index < -0.39 is 0 Å². The molecule has 0 saturated carbocycles. The number of unbranched alkanes of at least 4 members (excludes halogenated alkanes) is 1. The van der Waals surface area contributed by atoms with Gasteiger partial charge in [-0.3, -0.25) is 0 Å². The topological polar surface area (TPSA) is 20.2 Å². The minimum absolute atomic E-state index is 0.533. The molecule has 1 N–H and O–H groups in total. The summed E-state index contributed by atoms with van der Waals surface area (Å²) in [4.78, 5) is 1.39. The van der Waals surface area contributed by atoms with Crippen LogP contribution in [0.2, 0.25) is 0 Å². The number of fused-ring (bicyclic) bond motifs is 1. The maximum Gasteiger partial charge on any atom is 0.132 e. The standard InChI is InChI=1S/C12H15IOS/c1-2-3-4-8-7-10-9(5-6-15-10)11(13)12(8)14/h7,14H,2-6H2,1H3. The van der Waals surface area contributed by atoms with E-state index in [1.165, 1.54) is 22.6 Å². The summed E-state index contributed by atoms with van der Waals surface area (Å²) < 4.78 is 1.08. The number of rotatable bonds is 3. The van der Waals surface area contributed by atoms with E-state index in [0.717, 1.165) is 28.4 Å². The molecule has 0 aliphatic carbocycles. The molecular formula is C12H15IOS. The third-order valence-electron chi connectivity index (χ3n) is 2.79. The van der Waals surface area contributed by atoms with Crippen LogP contribution >= 0.6 is 34.4 Å². The van der Waals surface area contributed by atoms with Crippen LogP contribution < -0.4 is 0 Å². The van der Waals surface area contributed by atoms with Crippen LogP contribution in [0.1, 0.15) is 30.9 Å². The second-order valence-electron chi connectivity index (χ2n) is 3.88. The summed E-state index contributed by atoms with van der Waals surface area (Å²) >= 11 is 4.21. The van der Waals surface area contributed by atoms with Gasteiger partial charge in [-0.2, -0.15) is 0 Å². The molecule has 1 aromatic carbocycles. The number of thioether (sulfide) groups is 1. The van der Waals surface area contributed by atoms with Gasteiger partial charge in [0.2, 0.25) is 0 Å². The van der Waals surface area contributed by atoms with Crippen LogP contribution in [-0.2, 0) is 12.8 Å². The van der Waals surface area contributed by atoms with Gasteiger partial charge in [0.15, 0.2) is 0 Å². The van der Waals surface area contributed by atoms with E-state index >= 15 is 0 Å². The van der Waals surface area contributed by atoms with Crippen LogP contribution in [0.5, 0.6) is 5.75 Å². The van der Waals surface area contributed by atoms with Gasteiger partial charge in [-0.05, 0) is 59.0 Å². The Balaban J connectivity index is 2.36. The van der Waals surface area contributed by atoms with Crippen LogP contribution in [0.3, 0.4) is 0 Å². The summed E-state index contributed by atoms with van der Waals surface area (Å²) in [6.07, 6.45) is 4.46. The lowest BCUT2D eigenvalue weighted by Gasteiger charge is -2.10. The summed E-state index contributed by atoms with van der Waals surface area (Å²) in [5.74, 6) is 1.70. The first-order valence-corrected chi connectivity index (χ1v) is 7.46. The molecule has 0 atom stereocenters. The normalized spacial score (nSPS) is 14.3. The van der Waals surface area contributed by atoms with Gasteiger partial charge in [-0.15, -0.1) is 11.8 Å². The molecule has 2 rings (SSSR count). The number of hydrogen-bond donors (Lipinski definition) is 1. The first-order valence-electron chi connectivity index (χ1n) is 5.40. The summed E-state index contributed by atoms with van der Waals surface area (Å²) in [7, 11) is 0.